The van der Waals surface area contributed by atoms with Crippen LogP contribution in [0.1, 0.15) is 15.9 Å². The van der Waals surface area contributed by atoms with Crippen LogP contribution in [0.25, 0.3) is 0 Å². The number of carbonyl (C=O) groups excluding carboxylic acids is 2. The summed E-state index contributed by atoms with van der Waals surface area (Å²) in [7, 11) is 0. The van der Waals surface area contributed by atoms with Gasteiger partial charge in [-0.25, -0.2) is 4.79 Å². The summed E-state index contributed by atoms with van der Waals surface area (Å²) in [6.45, 7) is 1.44. The summed E-state index contributed by atoms with van der Waals surface area (Å²) in [6.07, 6.45) is 0. The van der Waals surface area contributed by atoms with Crippen molar-refractivity contribution in [3.05, 3.63) is 57.2 Å². The highest BCUT2D eigenvalue weighted by atomic mass is 127. The molecule has 114 valence electrons. The van der Waals surface area contributed by atoms with E-state index in [0.717, 1.165) is 9.13 Å². The molecule has 6 heteroatoms. The number of nitrogens with one attached hydrogen (secondary N) is 1. The van der Waals surface area contributed by atoms with Gasteiger partial charge in [0.2, 0.25) is 0 Å². The lowest BCUT2D eigenvalue weighted by Crippen LogP contribution is -2.21. The molecule has 0 bridgehead atoms. The van der Waals surface area contributed by atoms with Crippen LogP contribution in [0.15, 0.2) is 42.5 Å². The number of hydrogen-bond donors (Lipinski definition) is 2. The molecule has 22 heavy (non-hydrogen) atoms. The van der Waals surface area contributed by atoms with E-state index in [9.17, 15) is 9.59 Å². The Hall–Kier alpha value is -2.09. The summed E-state index contributed by atoms with van der Waals surface area (Å²) < 4.78 is 6.06. The van der Waals surface area contributed by atoms with Crippen LogP contribution in [0, 0.1) is 10.5 Å². The van der Waals surface area contributed by atoms with E-state index >= 15 is 0 Å². The average Bonchev–Trinajstić information content (AvgIpc) is 2.50. The third kappa shape index (κ3) is 4.20. The van der Waals surface area contributed by atoms with E-state index in [1.54, 1.807) is 37.3 Å². The van der Waals surface area contributed by atoms with E-state index in [0.29, 0.717) is 11.4 Å². The fourth-order valence-corrected chi connectivity index (χ4v) is 2.16. The summed E-state index contributed by atoms with van der Waals surface area (Å²) in [5.74, 6) is -1.01. The number of hydrogen-bond acceptors (Lipinski definition) is 4. The molecule has 0 aliphatic heterocycles. The summed E-state index contributed by atoms with van der Waals surface area (Å²) in [6, 6.07) is 12.4. The van der Waals surface area contributed by atoms with Crippen LogP contribution in [0.3, 0.4) is 0 Å². The highest BCUT2D eigenvalue weighted by Gasteiger charge is 2.14. The first-order valence-electron chi connectivity index (χ1n) is 6.55. The number of esters is 1. The smallest absolute Gasteiger partial charge is 0.340 e. The van der Waals surface area contributed by atoms with Gasteiger partial charge in [0.05, 0.1) is 5.56 Å². The zero-order chi connectivity index (χ0) is 16.1. The van der Waals surface area contributed by atoms with Crippen molar-refractivity contribution in [2.45, 2.75) is 6.92 Å². The first kappa shape index (κ1) is 16.3. The maximum absolute atomic E-state index is 11.9. The molecular formula is C16H15IN2O3. The van der Waals surface area contributed by atoms with Gasteiger partial charge in [-0.05, 0) is 65.4 Å². The number of nitrogen functional groups attached to an aromatic ring is 1. The summed E-state index contributed by atoms with van der Waals surface area (Å²) >= 11 is 2.17. The second-order valence-electron chi connectivity index (χ2n) is 4.67. The number of carbonyl (C=O) groups is 2. The highest BCUT2D eigenvalue weighted by molar-refractivity contribution is 14.1. The minimum absolute atomic E-state index is 0.266. The molecule has 0 aliphatic rings. The van der Waals surface area contributed by atoms with Crippen LogP contribution >= 0.6 is 22.6 Å². The molecule has 0 radical (unpaired) electrons. The van der Waals surface area contributed by atoms with E-state index in [2.05, 4.69) is 27.9 Å². The number of amides is 1. The number of para-hydroxylation sites is 1. The molecule has 0 saturated carbocycles. The van der Waals surface area contributed by atoms with E-state index in [-0.39, 0.29) is 12.2 Å². The molecule has 3 N–H and O–H groups in total. The van der Waals surface area contributed by atoms with Crippen LogP contribution < -0.4 is 11.1 Å². The molecule has 2 aromatic rings. The Kier molecular flexibility index (Phi) is 5.37. The number of halogens is 1. The maximum Gasteiger partial charge on any atom is 0.340 e. The normalized spacial score (nSPS) is 10.1. The van der Waals surface area contributed by atoms with Crippen molar-refractivity contribution in [2.75, 3.05) is 17.7 Å². The molecule has 5 nitrogen and oxygen atoms in total. The lowest BCUT2D eigenvalue weighted by molar-refractivity contribution is -0.119. The Balaban J connectivity index is 1.92. The Bertz CT molecular complexity index is 699. The van der Waals surface area contributed by atoms with Crippen molar-refractivity contribution in [2.24, 2.45) is 0 Å². The van der Waals surface area contributed by atoms with Gasteiger partial charge in [0.1, 0.15) is 0 Å². The predicted octanol–water partition coefficient (Wildman–Crippen LogP) is 2.98. The second-order valence-corrected chi connectivity index (χ2v) is 5.91. The van der Waals surface area contributed by atoms with Crippen molar-refractivity contribution in [3.8, 4) is 0 Å². The Labute approximate surface area is 142 Å². The van der Waals surface area contributed by atoms with Gasteiger partial charge >= 0.3 is 5.97 Å². The largest absolute Gasteiger partial charge is 0.452 e. The lowest BCUT2D eigenvalue weighted by atomic mass is 10.1. The average molecular weight is 410 g/mol. The van der Waals surface area contributed by atoms with E-state index in [4.69, 9.17) is 10.5 Å². The van der Waals surface area contributed by atoms with Gasteiger partial charge in [-0.3, -0.25) is 4.79 Å². The second kappa shape index (κ2) is 7.26. The molecule has 0 aliphatic carbocycles. The van der Waals surface area contributed by atoms with E-state index in [1.807, 2.05) is 12.1 Å². The molecule has 2 aromatic carbocycles. The Morgan fingerprint density at radius 1 is 1.18 bits per heavy atom. The molecule has 1 amide bonds. The fraction of sp³-hybridized carbons (Fsp3) is 0.125. The van der Waals surface area contributed by atoms with Crippen molar-refractivity contribution < 1.29 is 14.3 Å². The maximum atomic E-state index is 11.9. The first-order chi connectivity index (χ1) is 10.5. The Morgan fingerprint density at radius 3 is 2.55 bits per heavy atom. The van der Waals surface area contributed by atoms with Gasteiger partial charge < -0.3 is 15.8 Å². The number of benzene rings is 2. The third-order valence-corrected chi connectivity index (χ3v) is 3.73. The minimum atomic E-state index is -0.612. The quantitative estimate of drug-likeness (QED) is 0.462. The van der Waals surface area contributed by atoms with Crippen molar-refractivity contribution in [1.82, 2.24) is 0 Å². The van der Waals surface area contributed by atoms with E-state index < -0.39 is 11.9 Å². The van der Waals surface area contributed by atoms with Gasteiger partial charge in [-0.15, -0.1) is 0 Å². The molecule has 2 rings (SSSR count). The summed E-state index contributed by atoms with van der Waals surface area (Å²) in [5, 5.41) is 2.65. The van der Waals surface area contributed by atoms with Gasteiger partial charge in [0.15, 0.2) is 6.61 Å². The molecule has 0 unspecified atom stereocenters. The topological polar surface area (TPSA) is 81.4 Å². The molecule has 0 aromatic heterocycles. The monoisotopic (exact) mass is 410 g/mol. The molecule has 0 spiro atoms. The van der Waals surface area contributed by atoms with Crippen molar-refractivity contribution in [3.63, 3.8) is 0 Å². The zero-order valence-corrected chi connectivity index (χ0v) is 14.1. The SMILES string of the molecule is Cc1cccc(C(=O)OCC(=O)Nc2ccc(I)cc2)c1N. The fourth-order valence-electron chi connectivity index (χ4n) is 1.80. The minimum Gasteiger partial charge on any atom is -0.452 e. The first-order valence-corrected chi connectivity index (χ1v) is 7.63. The van der Waals surface area contributed by atoms with Gasteiger partial charge in [0.25, 0.3) is 5.91 Å². The number of anilines is 2. The van der Waals surface area contributed by atoms with Gasteiger partial charge in [-0.2, -0.15) is 0 Å². The lowest BCUT2D eigenvalue weighted by Gasteiger charge is -2.09. The van der Waals surface area contributed by atoms with Crippen molar-refractivity contribution in [1.29, 1.82) is 0 Å². The number of aryl methyl sites for hydroxylation is 1. The summed E-state index contributed by atoms with van der Waals surface area (Å²) in [5.41, 5.74) is 7.90. The highest BCUT2D eigenvalue weighted by Crippen LogP contribution is 2.17. The standard InChI is InChI=1S/C16H15IN2O3/c1-10-3-2-4-13(15(10)18)16(21)22-9-14(20)19-12-7-5-11(17)6-8-12/h2-8H,9,18H2,1H3,(H,19,20). The molecule has 0 fully saturated rings. The summed E-state index contributed by atoms with van der Waals surface area (Å²) in [4.78, 5) is 23.7. The Morgan fingerprint density at radius 2 is 1.86 bits per heavy atom. The number of ether oxygens (including phenoxy) is 1. The molecule has 0 atom stereocenters. The van der Waals surface area contributed by atoms with Crippen LogP contribution in [0.4, 0.5) is 11.4 Å². The van der Waals surface area contributed by atoms with Crippen LogP contribution in [0.2, 0.25) is 0 Å². The van der Waals surface area contributed by atoms with Crippen molar-refractivity contribution >= 4 is 45.8 Å². The predicted molar refractivity (Wildman–Crippen MR) is 93.7 cm³/mol. The van der Waals surface area contributed by atoms with Crippen LogP contribution in [-0.2, 0) is 9.53 Å². The third-order valence-electron chi connectivity index (χ3n) is 3.01. The van der Waals surface area contributed by atoms with Crippen LogP contribution in [0.5, 0.6) is 0 Å². The molecule has 0 heterocycles. The van der Waals surface area contributed by atoms with Gasteiger partial charge in [0, 0.05) is 14.9 Å². The van der Waals surface area contributed by atoms with Crippen LogP contribution in [-0.4, -0.2) is 18.5 Å². The number of nitrogens with two attached hydrogens (primary N) is 1. The number of rotatable bonds is 4. The molecule has 0 saturated heterocycles. The van der Waals surface area contributed by atoms with E-state index in [1.165, 1.54) is 0 Å². The molecular weight excluding hydrogens is 395 g/mol. The van der Waals surface area contributed by atoms with Gasteiger partial charge in [-0.1, -0.05) is 12.1 Å². The zero-order valence-electron chi connectivity index (χ0n) is 11.9.